The molecular weight excluding hydrogens is 438 g/mol. The molecule has 0 aliphatic rings. The molecule has 0 aliphatic heterocycles. The third-order valence-corrected chi connectivity index (χ3v) is 4.82. The summed E-state index contributed by atoms with van der Waals surface area (Å²) in [5.74, 6) is -0.538. The van der Waals surface area contributed by atoms with Gasteiger partial charge in [-0.25, -0.2) is 0 Å². The van der Waals surface area contributed by atoms with E-state index in [4.69, 9.17) is 9.47 Å². The van der Waals surface area contributed by atoms with E-state index < -0.39 is 0 Å². The van der Waals surface area contributed by atoms with E-state index >= 15 is 0 Å². The van der Waals surface area contributed by atoms with Crippen molar-refractivity contribution in [1.82, 2.24) is 16.0 Å². The Morgan fingerprint density at radius 2 is 1.32 bits per heavy atom. The summed E-state index contributed by atoms with van der Waals surface area (Å²) in [4.78, 5) is 46.7. The summed E-state index contributed by atoms with van der Waals surface area (Å²) < 4.78 is 10.5. The van der Waals surface area contributed by atoms with Gasteiger partial charge >= 0.3 is 5.97 Å². The van der Waals surface area contributed by atoms with Crippen molar-refractivity contribution in [3.8, 4) is 0 Å². The zero-order valence-corrected chi connectivity index (χ0v) is 20.2. The lowest BCUT2D eigenvalue weighted by Crippen LogP contribution is -2.30. The van der Waals surface area contributed by atoms with Gasteiger partial charge in [0.1, 0.15) is 6.61 Å². The van der Waals surface area contributed by atoms with E-state index in [1.807, 2.05) is 37.3 Å². The van der Waals surface area contributed by atoms with Crippen molar-refractivity contribution >= 4 is 23.7 Å². The number of ether oxygens (including phenoxy) is 2. The van der Waals surface area contributed by atoms with E-state index in [2.05, 4.69) is 16.0 Å². The van der Waals surface area contributed by atoms with E-state index in [1.165, 1.54) is 0 Å². The standard InChI is InChI=1S/C25H39N3O6/c1-2-3-11-22(29)26-15-8-16-27-24(31)14-18-33-19-17-28-23(30)12-7-13-25(32)34-20-21-9-5-4-6-10-21/h4-6,9-10H,2-3,7-8,11-20H2,1H3,(H,26,29)(H,27,31)(H,28,30). The Hall–Kier alpha value is -2.94. The molecule has 0 fully saturated rings. The fourth-order valence-electron chi connectivity index (χ4n) is 2.88. The Morgan fingerprint density at radius 1 is 0.706 bits per heavy atom. The Kier molecular flexibility index (Phi) is 16.7. The third kappa shape index (κ3) is 16.7. The lowest BCUT2D eigenvalue weighted by molar-refractivity contribution is -0.145. The topological polar surface area (TPSA) is 123 Å². The number of carbonyl (C=O) groups is 4. The van der Waals surface area contributed by atoms with Crippen molar-refractivity contribution in [3.05, 3.63) is 35.9 Å². The molecule has 3 amide bonds. The van der Waals surface area contributed by atoms with E-state index in [0.717, 1.165) is 18.4 Å². The first-order valence-electron chi connectivity index (χ1n) is 12.1. The molecule has 1 aromatic carbocycles. The van der Waals surface area contributed by atoms with Crippen LogP contribution in [0, 0.1) is 0 Å². The fraction of sp³-hybridized carbons (Fsp3) is 0.600. The van der Waals surface area contributed by atoms with E-state index in [0.29, 0.717) is 45.5 Å². The minimum Gasteiger partial charge on any atom is -0.461 e. The highest BCUT2D eigenvalue weighted by atomic mass is 16.5. The van der Waals surface area contributed by atoms with Crippen LogP contribution in [0.2, 0.25) is 0 Å². The number of benzene rings is 1. The maximum absolute atomic E-state index is 11.8. The number of amides is 3. The van der Waals surface area contributed by atoms with Crippen LogP contribution in [0.4, 0.5) is 0 Å². The molecule has 190 valence electrons. The van der Waals surface area contributed by atoms with Crippen LogP contribution in [0.1, 0.15) is 63.9 Å². The van der Waals surface area contributed by atoms with Gasteiger partial charge in [0.25, 0.3) is 0 Å². The first-order valence-corrected chi connectivity index (χ1v) is 12.1. The number of hydrogen-bond acceptors (Lipinski definition) is 6. The molecule has 0 aromatic heterocycles. The van der Waals surface area contributed by atoms with Crippen LogP contribution in [0.5, 0.6) is 0 Å². The van der Waals surface area contributed by atoms with Crippen LogP contribution in [-0.2, 0) is 35.3 Å². The van der Waals surface area contributed by atoms with Crippen molar-refractivity contribution in [2.75, 3.05) is 32.8 Å². The van der Waals surface area contributed by atoms with Gasteiger partial charge in [0.2, 0.25) is 17.7 Å². The number of unbranched alkanes of at least 4 members (excludes halogenated alkanes) is 1. The number of hydrogen-bond donors (Lipinski definition) is 3. The second-order valence-corrected chi connectivity index (χ2v) is 7.87. The summed E-state index contributed by atoms with van der Waals surface area (Å²) in [6, 6.07) is 9.43. The first kappa shape index (κ1) is 29.1. The Labute approximate surface area is 202 Å². The Bertz CT molecular complexity index is 727. The minimum absolute atomic E-state index is 0.0509. The van der Waals surface area contributed by atoms with E-state index in [1.54, 1.807) is 0 Å². The zero-order valence-electron chi connectivity index (χ0n) is 20.2. The molecule has 3 N–H and O–H groups in total. The van der Waals surface area contributed by atoms with Gasteiger partial charge in [-0.1, -0.05) is 43.7 Å². The third-order valence-electron chi connectivity index (χ3n) is 4.82. The van der Waals surface area contributed by atoms with Gasteiger partial charge in [-0.2, -0.15) is 0 Å². The van der Waals surface area contributed by atoms with Crippen molar-refractivity contribution in [2.45, 2.75) is 64.9 Å². The number of carbonyl (C=O) groups excluding carboxylic acids is 4. The van der Waals surface area contributed by atoms with Gasteiger partial charge in [-0.3, -0.25) is 19.2 Å². The normalized spacial score (nSPS) is 10.4. The molecule has 0 spiro atoms. The highest BCUT2D eigenvalue weighted by Crippen LogP contribution is 2.04. The minimum atomic E-state index is -0.324. The summed E-state index contributed by atoms with van der Waals surface area (Å²) in [7, 11) is 0. The van der Waals surface area contributed by atoms with Crippen LogP contribution < -0.4 is 16.0 Å². The second kappa shape index (κ2) is 19.5. The molecule has 0 saturated heterocycles. The second-order valence-electron chi connectivity index (χ2n) is 7.87. The lowest BCUT2D eigenvalue weighted by atomic mass is 10.2. The predicted octanol–water partition coefficient (Wildman–Crippen LogP) is 2.24. The van der Waals surface area contributed by atoms with Crippen LogP contribution in [0.3, 0.4) is 0 Å². The highest BCUT2D eigenvalue weighted by Gasteiger charge is 2.07. The maximum Gasteiger partial charge on any atom is 0.306 e. The Balaban J connectivity index is 1.90. The van der Waals surface area contributed by atoms with Gasteiger partial charge in [0.15, 0.2) is 0 Å². The van der Waals surface area contributed by atoms with Crippen molar-refractivity contribution in [2.24, 2.45) is 0 Å². The smallest absolute Gasteiger partial charge is 0.306 e. The number of esters is 1. The molecule has 0 unspecified atom stereocenters. The molecule has 1 rings (SSSR count). The molecule has 0 bridgehead atoms. The molecule has 0 radical (unpaired) electrons. The molecular formula is C25H39N3O6. The van der Waals surface area contributed by atoms with Gasteiger partial charge in [0.05, 0.1) is 13.2 Å². The summed E-state index contributed by atoms with van der Waals surface area (Å²) in [6.45, 7) is 4.25. The summed E-state index contributed by atoms with van der Waals surface area (Å²) >= 11 is 0. The lowest BCUT2D eigenvalue weighted by Gasteiger charge is -2.08. The molecule has 0 atom stereocenters. The predicted molar refractivity (Wildman–Crippen MR) is 129 cm³/mol. The average molecular weight is 478 g/mol. The maximum atomic E-state index is 11.8. The van der Waals surface area contributed by atoms with Crippen LogP contribution in [0.15, 0.2) is 30.3 Å². The average Bonchev–Trinajstić information content (AvgIpc) is 2.84. The quantitative estimate of drug-likeness (QED) is 0.207. The van der Waals surface area contributed by atoms with Gasteiger partial charge < -0.3 is 25.4 Å². The zero-order chi connectivity index (χ0) is 24.9. The van der Waals surface area contributed by atoms with E-state index in [-0.39, 0.29) is 56.2 Å². The van der Waals surface area contributed by atoms with Crippen LogP contribution in [-0.4, -0.2) is 56.5 Å². The number of nitrogens with one attached hydrogen (secondary N) is 3. The van der Waals surface area contributed by atoms with Crippen molar-refractivity contribution < 1.29 is 28.7 Å². The molecule has 0 aliphatic carbocycles. The summed E-state index contributed by atoms with van der Waals surface area (Å²) in [5, 5.41) is 8.33. The van der Waals surface area contributed by atoms with Crippen LogP contribution >= 0.6 is 0 Å². The van der Waals surface area contributed by atoms with Crippen molar-refractivity contribution in [1.29, 1.82) is 0 Å². The first-order chi connectivity index (χ1) is 16.5. The highest BCUT2D eigenvalue weighted by molar-refractivity contribution is 5.77. The summed E-state index contributed by atoms with van der Waals surface area (Å²) in [6.07, 6.45) is 4.19. The van der Waals surface area contributed by atoms with Gasteiger partial charge in [-0.05, 0) is 24.8 Å². The van der Waals surface area contributed by atoms with Crippen LogP contribution in [0.25, 0.3) is 0 Å². The summed E-state index contributed by atoms with van der Waals surface area (Å²) in [5.41, 5.74) is 0.925. The monoisotopic (exact) mass is 477 g/mol. The molecule has 34 heavy (non-hydrogen) atoms. The molecule has 0 saturated carbocycles. The van der Waals surface area contributed by atoms with Gasteiger partial charge in [-0.15, -0.1) is 0 Å². The number of rotatable bonds is 19. The molecule has 1 aromatic rings. The van der Waals surface area contributed by atoms with Gasteiger partial charge in [0, 0.05) is 45.3 Å². The largest absolute Gasteiger partial charge is 0.461 e. The Morgan fingerprint density at radius 3 is 2.00 bits per heavy atom. The SMILES string of the molecule is CCCCC(=O)NCCCNC(=O)CCOCCNC(=O)CCCC(=O)OCc1ccccc1. The molecule has 9 nitrogen and oxygen atoms in total. The fourth-order valence-corrected chi connectivity index (χ4v) is 2.88. The molecule has 9 heteroatoms. The van der Waals surface area contributed by atoms with E-state index in [9.17, 15) is 19.2 Å². The van der Waals surface area contributed by atoms with Crippen molar-refractivity contribution in [3.63, 3.8) is 0 Å². The molecule has 0 heterocycles.